The monoisotopic (exact) mass is 187 g/mol. The van der Waals surface area contributed by atoms with Gasteiger partial charge in [-0.25, -0.2) is 0 Å². The van der Waals surface area contributed by atoms with E-state index in [4.69, 9.17) is 11.5 Å². The molecule has 0 heterocycles. The maximum atomic E-state index is 10.7. The quantitative estimate of drug-likeness (QED) is 0.548. The Morgan fingerprint density at radius 1 is 1.38 bits per heavy atom. The van der Waals surface area contributed by atoms with Gasteiger partial charge in [0.05, 0.1) is 6.54 Å². The van der Waals surface area contributed by atoms with E-state index >= 15 is 0 Å². The van der Waals surface area contributed by atoms with Crippen LogP contribution in [0, 0.1) is 0 Å². The smallest absolute Gasteiger partial charge is 0.231 e. The van der Waals surface area contributed by atoms with E-state index in [1.54, 1.807) is 0 Å². The zero-order chi connectivity index (χ0) is 10.3. The predicted octanol–water partition coefficient (Wildman–Crippen LogP) is -0.0790. The minimum absolute atomic E-state index is 0.263. The highest BCUT2D eigenvalue weighted by Crippen LogP contribution is 2.00. The van der Waals surface area contributed by atoms with Crippen molar-refractivity contribution in [3.63, 3.8) is 0 Å². The average Bonchev–Trinajstić information content (AvgIpc) is 2.02. The van der Waals surface area contributed by atoms with Gasteiger partial charge in [-0.1, -0.05) is 0 Å². The number of hydrogen-bond donors (Lipinski definition) is 2. The minimum atomic E-state index is -0.263. The fraction of sp³-hybridized carbons (Fsp3) is 0.889. The zero-order valence-corrected chi connectivity index (χ0v) is 8.62. The number of carbonyl (C=O) groups is 1. The second-order valence-corrected chi connectivity index (χ2v) is 3.53. The molecule has 0 fully saturated rings. The lowest BCUT2D eigenvalue weighted by molar-refractivity contribution is -0.119. The molecule has 0 rings (SSSR count). The standard InChI is InChI=1S/C9H21N3O/c1-8(2)12(7-9(11)13)6-4-3-5-10/h8H,3-7,10H2,1-2H3,(H2,11,13). The summed E-state index contributed by atoms with van der Waals surface area (Å²) in [6.45, 7) is 6.08. The molecule has 4 heteroatoms. The molecular weight excluding hydrogens is 166 g/mol. The summed E-state index contributed by atoms with van der Waals surface area (Å²) < 4.78 is 0. The maximum Gasteiger partial charge on any atom is 0.231 e. The third-order valence-electron chi connectivity index (χ3n) is 1.99. The van der Waals surface area contributed by atoms with Gasteiger partial charge in [0.15, 0.2) is 0 Å². The van der Waals surface area contributed by atoms with Crippen LogP contribution in [0.15, 0.2) is 0 Å². The summed E-state index contributed by atoms with van der Waals surface area (Å²) in [5, 5.41) is 0. The number of unbranched alkanes of at least 4 members (excludes halogenated alkanes) is 1. The summed E-state index contributed by atoms with van der Waals surface area (Å²) in [6, 6.07) is 0.366. The summed E-state index contributed by atoms with van der Waals surface area (Å²) in [6.07, 6.45) is 2.03. The molecule has 0 radical (unpaired) electrons. The highest BCUT2D eigenvalue weighted by atomic mass is 16.1. The molecule has 4 nitrogen and oxygen atoms in total. The summed E-state index contributed by atoms with van der Waals surface area (Å²) in [7, 11) is 0. The van der Waals surface area contributed by atoms with Crippen molar-refractivity contribution in [3.05, 3.63) is 0 Å². The van der Waals surface area contributed by atoms with Crippen LogP contribution in [0.5, 0.6) is 0 Å². The van der Waals surface area contributed by atoms with Gasteiger partial charge in [0, 0.05) is 6.04 Å². The molecule has 0 unspecified atom stereocenters. The average molecular weight is 187 g/mol. The van der Waals surface area contributed by atoms with Crippen LogP contribution in [0.4, 0.5) is 0 Å². The second kappa shape index (κ2) is 6.86. The van der Waals surface area contributed by atoms with Crippen molar-refractivity contribution < 1.29 is 4.79 Å². The van der Waals surface area contributed by atoms with Crippen molar-refractivity contribution >= 4 is 5.91 Å². The van der Waals surface area contributed by atoms with E-state index in [0.717, 1.165) is 19.4 Å². The number of amides is 1. The summed E-state index contributed by atoms with van der Waals surface area (Å²) in [4.78, 5) is 12.8. The summed E-state index contributed by atoms with van der Waals surface area (Å²) in [5.41, 5.74) is 10.5. The Morgan fingerprint density at radius 2 is 2.00 bits per heavy atom. The van der Waals surface area contributed by atoms with Gasteiger partial charge in [0.25, 0.3) is 0 Å². The Hall–Kier alpha value is -0.610. The Kier molecular flexibility index (Phi) is 6.54. The number of carbonyl (C=O) groups excluding carboxylic acids is 1. The van der Waals surface area contributed by atoms with Crippen LogP contribution in [0.25, 0.3) is 0 Å². The Labute approximate surface area is 80.3 Å². The molecule has 0 atom stereocenters. The van der Waals surface area contributed by atoms with Crippen LogP contribution in [0.2, 0.25) is 0 Å². The number of hydrogen-bond acceptors (Lipinski definition) is 3. The molecule has 0 bridgehead atoms. The fourth-order valence-electron chi connectivity index (χ4n) is 1.18. The number of rotatable bonds is 7. The Morgan fingerprint density at radius 3 is 2.38 bits per heavy atom. The maximum absolute atomic E-state index is 10.7. The van der Waals surface area contributed by atoms with E-state index in [-0.39, 0.29) is 5.91 Å². The normalized spacial score (nSPS) is 11.2. The van der Waals surface area contributed by atoms with Crippen LogP contribution in [0.3, 0.4) is 0 Å². The molecule has 0 spiro atoms. The van der Waals surface area contributed by atoms with Crippen LogP contribution in [-0.2, 0) is 4.79 Å². The first-order valence-corrected chi connectivity index (χ1v) is 4.80. The van der Waals surface area contributed by atoms with Gasteiger partial charge in [-0.3, -0.25) is 9.69 Å². The minimum Gasteiger partial charge on any atom is -0.369 e. The molecule has 0 aliphatic heterocycles. The van der Waals surface area contributed by atoms with Gasteiger partial charge >= 0.3 is 0 Å². The molecule has 1 amide bonds. The number of nitrogens with zero attached hydrogens (tertiary/aromatic N) is 1. The van der Waals surface area contributed by atoms with Crippen LogP contribution in [0.1, 0.15) is 26.7 Å². The molecule has 0 aromatic rings. The van der Waals surface area contributed by atoms with Crippen molar-refractivity contribution in [2.24, 2.45) is 11.5 Å². The van der Waals surface area contributed by atoms with Crippen molar-refractivity contribution in [2.75, 3.05) is 19.6 Å². The molecule has 0 aliphatic rings. The molecule has 0 aromatic carbocycles. The molecule has 4 N–H and O–H groups in total. The number of primary amides is 1. The van der Waals surface area contributed by atoms with Gasteiger partial charge in [-0.2, -0.15) is 0 Å². The molecular formula is C9H21N3O. The van der Waals surface area contributed by atoms with Crippen LogP contribution >= 0.6 is 0 Å². The molecule has 13 heavy (non-hydrogen) atoms. The van der Waals surface area contributed by atoms with Crippen molar-refractivity contribution in [2.45, 2.75) is 32.7 Å². The highest BCUT2D eigenvalue weighted by molar-refractivity contribution is 5.75. The first-order valence-electron chi connectivity index (χ1n) is 4.80. The molecule has 0 aromatic heterocycles. The topological polar surface area (TPSA) is 72.3 Å². The largest absolute Gasteiger partial charge is 0.369 e. The third kappa shape index (κ3) is 6.54. The van der Waals surface area contributed by atoms with E-state index in [2.05, 4.69) is 18.7 Å². The zero-order valence-electron chi connectivity index (χ0n) is 8.62. The highest BCUT2D eigenvalue weighted by Gasteiger charge is 2.10. The summed E-state index contributed by atoms with van der Waals surface area (Å²) >= 11 is 0. The number of nitrogens with two attached hydrogens (primary N) is 2. The van der Waals surface area contributed by atoms with Gasteiger partial charge in [0.1, 0.15) is 0 Å². The van der Waals surface area contributed by atoms with Crippen LogP contribution in [-0.4, -0.2) is 36.5 Å². The van der Waals surface area contributed by atoms with Gasteiger partial charge in [-0.05, 0) is 39.8 Å². The predicted molar refractivity (Wildman–Crippen MR) is 54.2 cm³/mol. The third-order valence-corrected chi connectivity index (χ3v) is 1.99. The fourth-order valence-corrected chi connectivity index (χ4v) is 1.18. The van der Waals surface area contributed by atoms with Crippen molar-refractivity contribution in [3.8, 4) is 0 Å². The van der Waals surface area contributed by atoms with Gasteiger partial charge in [0.2, 0.25) is 5.91 Å². The molecule has 0 saturated carbocycles. The first kappa shape index (κ1) is 12.4. The van der Waals surface area contributed by atoms with Crippen molar-refractivity contribution in [1.29, 1.82) is 0 Å². The lowest BCUT2D eigenvalue weighted by atomic mass is 10.2. The van der Waals surface area contributed by atoms with E-state index in [1.165, 1.54) is 0 Å². The van der Waals surface area contributed by atoms with Crippen molar-refractivity contribution in [1.82, 2.24) is 4.90 Å². The lowest BCUT2D eigenvalue weighted by Crippen LogP contribution is -2.39. The molecule has 0 saturated heterocycles. The van der Waals surface area contributed by atoms with E-state index in [0.29, 0.717) is 19.1 Å². The second-order valence-electron chi connectivity index (χ2n) is 3.53. The first-order chi connectivity index (χ1) is 6.07. The van der Waals surface area contributed by atoms with E-state index < -0.39 is 0 Å². The van der Waals surface area contributed by atoms with E-state index in [1.807, 2.05) is 0 Å². The van der Waals surface area contributed by atoms with Crippen LogP contribution < -0.4 is 11.5 Å². The van der Waals surface area contributed by atoms with Gasteiger partial charge < -0.3 is 11.5 Å². The van der Waals surface area contributed by atoms with Gasteiger partial charge in [-0.15, -0.1) is 0 Å². The molecule has 0 aliphatic carbocycles. The lowest BCUT2D eigenvalue weighted by Gasteiger charge is -2.24. The molecule has 78 valence electrons. The summed E-state index contributed by atoms with van der Waals surface area (Å²) in [5.74, 6) is -0.263. The Bertz CT molecular complexity index is 148. The SMILES string of the molecule is CC(C)N(CCCCN)CC(N)=O. The van der Waals surface area contributed by atoms with E-state index in [9.17, 15) is 4.79 Å². The Balaban J connectivity index is 3.74.